The van der Waals surface area contributed by atoms with E-state index in [0.29, 0.717) is 28.7 Å². The monoisotopic (exact) mass is 451 g/mol. The van der Waals surface area contributed by atoms with E-state index in [1.165, 1.54) is 28.9 Å². The fourth-order valence-corrected chi connectivity index (χ4v) is 3.59. The molecule has 0 unspecified atom stereocenters. The molecule has 0 aliphatic carbocycles. The second-order valence-electron chi connectivity index (χ2n) is 7.32. The predicted molar refractivity (Wildman–Crippen MR) is 105 cm³/mol. The Morgan fingerprint density at radius 1 is 1.00 bits per heavy atom. The van der Waals surface area contributed by atoms with Crippen molar-refractivity contribution in [2.45, 2.75) is 25.9 Å². The van der Waals surface area contributed by atoms with Crippen molar-refractivity contribution in [2.24, 2.45) is 0 Å². The van der Waals surface area contributed by atoms with Crippen LogP contribution in [-0.2, 0) is 5.92 Å². The Morgan fingerprint density at radius 3 is 2.38 bits per heavy atom. The van der Waals surface area contributed by atoms with Crippen LogP contribution in [0, 0.1) is 19.7 Å². The number of hydrogen-bond donors (Lipinski definition) is 1. The molecule has 4 nitrogen and oxygen atoms in total. The summed E-state index contributed by atoms with van der Waals surface area (Å²) in [6, 6.07) is 6.17. The van der Waals surface area contributed by atoms with Gasteiger partial charge < -0.3 is 5.11 Å². The van der Waals surface area contributed by atoms with E-state index in [1.54, 1.807) is 13.8 Å². The quantitative estimate of drug-likeness (QED) is 0.379. The van der Waals surface area contributed by atoms with Crippen LogP contribution in [0.3, 0.4) is 0 Å². The van der Waals surface area contributed by atoms with Gasteiger partial charge in [0.2, 0.25) is 0 Å². The molecular formula is C22H15F6N3O. The van der Waals surface area contributed by atoms with Crippen molar-refractivity contribution in [1.29, 1.82) is 0 Å². The Labute approximate surface area is 177 Å². The second-order valence-corrected chi connectivity index (χ2v) is 7.32. The molecule has 166 valence electrons. The number of aryl methyl sites for hydroxylation is 2. The number of imidazole rings is 1. The summed E-state index contributed by atoms with van der Waals surface area (Å²) in [5.74, 6) is -5.98. The third kappa shape index (κ3) is 3.45. The van der Waals surface area contributed by atoms with Gasteiger partial charge in [-0.15, -0.1) is 0 Å². The fourth-order valence-electron chi connectivity index (χ4n) is 3.59. The van der Waals surface area contributed by atoms with Crippen LogP contribution in [0.2, 0.25) is 0 Å². The van der Waals surface area contributed by atoms with Crippen LogP contribution < -0.4 is 0 Å². The van der Waals surface area contributed by atoms with Crippen LogP contribution in [-0.4, -0.2) is 25.7 Å². The lowest BCUT2D eigenvalue weighted by Crippen LogP contribution is -2.33. The number of phenols is 1. The molecule has 10 heteroatoms. The number of nitrogens with zero attached hydrogens (tertiary/aromatic N) is 3. The third-order valence-corrected chi connectivity index (χ3v) is 5.07. The van der Waals surface area contributed by atoms with Gasteiger partial charge >= 0.3 is 12.1 Å². The molecule has 32 heavy (non-hydrogen) atoms. The lowest BCUT2D eigenvalue weighted by Gasteiger charge is -2.20. The molecule has 0 spiro atoms. The van der Waals surface area contributed by atoms with Gasteiger partial charge in [-0.25, -0.2) is 9.37 Å². The Bertz CT molecular complexity index is 1320. The molecular weight excluding hydrogens is 436 g/mol. The molecule has 4 aromatic rings. The lowest BCUT2D eigenvalue weighted by molar-refractivity contribution is -0.289. The van der Waals surface area contributed by atoms with E-state index in [4.69, 9.17) is 0 Å². The van der Waals surface area contributed by atoms with Crippen LogP contribution in [0.25, 0.3) is 28.2 Å². The first kappa shape index (κ1) is 21.7. The first-order valence-corrected chi connectivity index (χ1v) is 9.30. The second kappa shape index (κ2) is 7.25. The Morgan fingerprint density at radius 2 is 1.72 bits per heavy atom. The van der Waals surface area contributed by atoms with Crippen LogP contribution in [0.15, 0.2) is 48.8 Å². The van der Waals surface area contributed by atoms with Crippen molar-refractivity contribution in [3.05, 3.63) is 71.4 Å². The number of phenolic OH excluding ortho intramolecular Hbond substituents is 1. The number of alkyl halides is 5. The normalized spacial score (nSPS) is 12.5. The fraction of sp³-hybridized carbons (Fsp3) is 0.182. The molecule has 1 N–H and O–H groups in total. The molecule has 0 amide bonds. The van der Waals surface area contributed by atoms with Crippen molar-refractivity contribution >= 4 is 5.65 Å². The zero-order valence-electron chi connectivity index (χ0n) is 16.7. The smallest absolute Gasteiger partial charge is 0.458 e. The molecule has 0 bridgehead atoms. The van der Waals surface area contributed by atoms with Crippen LogP contribution in [0.4, 0.5) is 26.3 Å². The number of hydrogen-bond acceptors (Lipinski definition) is 3. The summed E-state index contributed by atoms with van der Waals surface area (Å²) < 4.78 is 82.1. The van der Waals surface area contributed by atoms with E-state index in [0.717, 1.165) is 18.2 Å². The Hall–Kier alpha value is -3.56. The number of aromatic hydroxyl groups is 1. The maximum Gasteiger partial charge on any atom is 0.458 e. The van der Waals surface area contributed by atoms with Crippen molar-refractivity contribution in [2.75, 3.05) is 0 Å². The minimum absolute atomic E-state index is 0.0218. The van der Waals surface area contributed by atoms with E-state index in [9.17, 15) is 31.4 Å². The Kier molecular flexibility index (Phi) is 4.91. The first-order chi connectivity index (χ1) is 14.9. The lowest BCUT2D eigenvalue weighted by atomic mass is 10.0. The van der Waals surface area contributed by atoms with E-state index >= 15 is 0 Å². The van der Waals surface area contributed by atoms with E-state index in [2.05, 4.69) is 9.97 Å². The number of halogens is 6. The minimum Gasteiger partial charge on any atom is -0.508 e. The molecule has 0 saturated carbocycles. The maximum absolute atomic E-state index is 14.7. The van der Waals surface area contributed by atoms with Gasteiger partial charge in [-0.05, 0) is 31.5 Å². The molecule has 0 atom stereocenters. The zero-order valence-corrected chi connectivity index (χ0v) is 16.7. The summed E-state index contributed by atoms with van der Waals surface area (Å²) in [7, 11) is 0. The number of benzene rings is 2. The highest BCUT2D eigenvalue weighted by atomic mass is 19.4. The third-order valence-electron chi connectivity index (χ3n) is 5.07. The van der Waals surface area contributed by atoms with E-state index in [-0.39, 0.29) is 22.6 Å². The van der Waals surface area contributed by atoms with Gasteiger partial charge in [-0.3, -0.25) is 9.38 Å². The summed E-state index contributed by atoms with van der Waals surface area (Å²) in [4.78, 5) is 8.45. The van der Waals surface area contributed by atoms with Crippen molar-refractivity contribution in [3.8, 4) is 28.3 Å². The van der Waals surface area contributed by atoms with Gasteiger partial charge in [-0.1, -0.05) is 18.2 Å². The number of rotatable bonds is 3. The van der Waals surface area contributed by atoms with Gasteiger partial charge in [0.1, 0.15) is 11.6 Å². The molecule has 0 aliphatic rings. The van der Waals surface area contributed by atoms with Gasteiger partial charge in [0.15, 0.2) is 5.65 Å². The zero-order chi connectivity index (χ0) is 23.4. The molecule has 0 aliphatic heterocycles. The van der Waals surface area contributed by atoms with E-state index in [1.807, 2.05) is 0 Å². The molecule has 2 aromatic heterocycles. The average molecular weight is 451 g/mol. The number of fused-ring (bicyclic) bond motifs is 1. The van der Waals surface area contributed by atoms with Gasteiger partial charge in [0.05, 0.1) is 23.3 Å². The standard InChI is InChI=1S/C22H15F6N3O/c1-11-6-15(32)8-16(23)19(11)20-12(2)30-18-9-29-17(10-31(18)20)13-4-3-5-14(7-13)21(24,25)22(26,27)28/h3-10,32H,1-2H3. The topological polar surface area (TPSA) is 50.4 Å². The molecule has 0 radical (unpaired) electrons. The predicted octanol–water partition coefficient (Wildman–Crippen LogP) is 6.18. The minimum atomic E-state index is -5.74. The summed E-state index contributed by atoms with van der Waals surface area (Å²) in [5, 5.41) is 9.63. The first-order valence-electron chi connectivity index (χ1n) is 9.30. The highest BCUT2D eigenvalue weighted by molar-refractivity contribution is 5.72. The van der Waals surface area contributed by atoms with Crippen molar-refractivity contribution < 1.29 is 31.4 Å². The summed E-state index contributed by atoms with van der Waals surface area (Å²) in [6.07, 6.45) is -3.04. The highest BCUT2D eigenvalue weighted by Gasteiger charge is 2.58. The molecule has 2 aromatic carbocycles. The van der Waals surface area contributed by atoms with Crippen molar-refractivity contribution in [3.63, 3.8) is 0 Å². The number of aromatic nitrogens is 3. The highest BCUT2D eigenvalue weighted by Crippen LogP contribution is 2.44. The Balaban J connectivity index is 1.90. The van der Waals surface area contributed by atoms with Crippen LogP contribution >= 0.6 is 0 Å². The van der Waals surface area contributed by atoms with Gasteiger partial charge in [0, 0.05) is 29.0 Å². The van der Waals surface area contributed by atoms with Crippen molar-refractivity contribution in [1.82, 2.24) is 14.4 Å². The summed E-state index contributed by atoms with van der Waals surface area (Å²) in [5.41, 5.74) is 0.599. The summed E-state index contributed by atoms with van der Waals surface area (Å²) in [6.45, 7) is 3.24. The van der Waals surface area contributed by atoms with Gasteiger partial charge in [-0.2, -0.15) is 22.0 Å². The SMILES string of the molecule is Cc1cc(O)cc(F)c1-c1c(C)nc2cnc(-c3cccc(C(F)(F)C(F)(F)F)c3)cn12. The molecule has 2 heterocycles. The molecule has 0 saturated heterocycles. The largest absolute Gasteiger partial charge is 0.508 e. The van der Waals surface area contributed by atoms with Crippen LogP contribution in [0.1, 0.15) is 16.8 Å². The maximum atomic E-state index is 14.7. The van der Waals surface area contributed by atoms with Gasteiger partial charge in [0.25, 0.3) is 0 Å². The van der Waals surface area contributed by atoms with E-state index < -0.39 is 23.5 Å². The summed E-state index contributed by atoms with van der Waals surface area (Å²) >= 11 is 0. The van der Waals surface area contributed by atoms with Crippen LogP contribution in [0.5, 0.6) is 5.75 Å². The average Bonchev–Trinajstić information content (AvgIpc) is 3.01. The molecule has 4 rings (SSSR count). The molecule has 0 fully saturated rings.